The first-order valence-corrected chi connectivity index (χ1v) is 11.1. The molecule has 0 aromatic heterocycles. The van der Waals surface area contributed by atoms with E-state index in [9.17, 15) is 0 Å². The van der Waals surface area contributed by atoms with Gasteiger partial charge in [-0.2, -0.15) is 0 Å². The van der Waals surface area contributed by atoms with Crippen LogP contribution in [-0.4, -0.2) is 52.8 Å². The smallest absolute Gasteiger partial charge is 0.0535 e. The fraction of sp³-hybridized carbons (Fsp3) is 1.00. The van der Waals surface area contributed by atoms with Crippen LogP contribution < -0.4 is 0 Å². The van der Waals surface area contributed by atoms with Gasteiger partial charge in [0.05, 0.1) is 20.0 Å². The molecule has 3 aliphatic carbocycles. The quantitative estimate of drug-likeness (QED) is 0.736. The van der Waals surface area contributed by atoms with E-state index in [0.717, 1.165) is 18.1 Å². The molecule has 0 bridgehead atoms. The Kier molecular flexibility index (Phi) is 6.13. The number of nitrogens with zero attached hydrogens (tertiary/aromatic N) is 3. The molecule has 0 radical (unpaired) electrons. The number of rotatable bonds is 3. The lowest BCUT2D eigenvalue weighted by atomic mass is 9.92. The molecule has 0 spiro atoms. The maximum Gasteiger partial charge on any atom is 0.0535 e. The molecule has 0 aromatic carbocycles. The normalized spacial score (nSPS) is 31.5. The summed E-state index contributed by atoms with van der Waals surface area (Å²) in [6.45, 7) is 3.79. The Bertz CT molecular complexity index is 304. The van der Waals surface area contributed by atoms with E-state index in [2.05, 4.69) is 14.7 Å². The van der Waals surface area contributed by atoms with Gasteiger partial charge in [0.15, 0.2) is 0 Å². The van der Waals surface area contributed by atoms with Crippen molar-refractivity contribution in [3.05, 3.63) is 0 Å². The van der Waals surface area contributed by atoms with Crippen molar-refractivity contribution in [2.45, 2.75) is 114 Å². The van der Waals surface area contributed by atoms with Gasteiger partial charge in [-0.25, -0.2) is 0 Å². The van der Waals surface area contributed by atoms with Crippen LogP contribution >= 0.6 is 0 Å². The maximum absolute atomic E-state index is 2.88. The van der Waals surface area contributed by atoms with Crippen molar-refractivity contribution in [2.24, 2.45) is 0 Å². The van der Waals surface area contributed by atoms with Gasteiger partial charge in [-0.15, -0.1) is 0 Å². The van der Waals surface area contributed by atoms with Crippen molar-refractivity contribution in [2.75, 3.05) is 20.0 Å². The first-order chi connectivity index (χ1) is 11.9. The molecule has 1 heterocycles. The number of hydrogen-bond donors (Lipinski definition) is 0. The SMILES string of the molecule is C1CCC(N2CN(C3CCCCC3)CN(C3CCCCC3)C2)CC1. The van der Waals surface area contributed by atoms with Gasteiger partial charge in [0.2, 0.25) is 0 Å². The highest BCUT2D eigenvalue weighted by atomic mass is 15.5. The zero-order valence-electron chi connectivity index (χ0n) is 15.8. The van der Waals surface area contributed by atoms with E-state index >= 15 is 0 Å². The maximum atomic E-state index is 2.88. The highest BCUT2D eigenvalue weighted by Crippen LogP contribution is 2.31. The lowest BCUT2D eigenvalue weighted by Crippen LogP contribution is -2.62. The molecule has 0 amide bonds. The molecule has 4 rings (SSSR count). The highest BCUT2D eigenvalue weighted by molar-refractivity contribution is 4.86. The molecule has 4 fully saturated rings. The summed E-state index contributed by atoms with van der Waals surface area (Å²) >= 11 is 0. The Morgan fingerprint density at radius 1 is 0.333 bits per heavy atom. The second-order valence-electron chi connectivity index (χ2n) is 9.07. The standard InChI is InChI=1S/C21H39N3/c1-4-10-19(11-5-1)22-16-23(20-12-6-2-7-13-20)18-24(17-22)21-14-8-3-9-15-21/h19-21H,1-18H2. The van der Waals surface area contributed by atoms with Crippen LogP contribution in [0, 0.1) is 0 Å². The fourth-order valence-corrected chi connectivity index (χ4v) is 5.87. The Hall–Kier alpha value is -0.120. The van der Waals surface area contributed by atoms with Gasteiger partial charge >= 0.3 is 0 Å². The van der Waals surface area contributed by atoms with Gasteiger partial charge in [0, 0.05) is 18.1 Å². The third-order valence-corrected chi connectivity index (χ3v) is 7.36. The molecule has 3 heteroatoms. The Balaban J connectivity index is 1.44. The van der Waals surface area contributed by atoms with Crippen LogP contribution in [0.4, 0.5) is 0 Å². The molecule has 138 valence electrons. The van der Waals surface area contributed by atoms with Crippen molar-refractivity contribution in [1.82, 2.24) is 14.7 Å². The van der Waals surface area contributed by atoms with Gasteiger partial charge in [-0.3, -0.25) is 14.7 Å². The van der Waals surface area contributed by atoms with E-state index in [-0.39, 0.29) is 0 Å². The minimum Gasteiger partial charge on any atom is -0.274 e. The molecule has 24 heavy (non-hydrogen) atoms. The van der Waals surface area contributed by atoms with Gasteiger partial charge in [-0.1, -0.05) is 57.8 Å². The molecule has 0 aromatic rings. The highest BCUT2D eigenvalue weighted by Gasteiger charge is 2.35. The van der Waals surface area contributed by atoms with Crippen LogP contribution in [0.15, 0.2) is 0 Å². The molecular formula is C21H39N3. The van der Waals surface area contributed by atoms with E-state index < -0.39 is 0 Å². The van der Waals surface area contributed by atoms with Crippen LogP contribution in [-0.2, 0) is 0 Å². The first kappa shape index (κ1) is 17.3. The lowest BCUT2D eigenvalue weighted by Gasteiger charge is -2.51. The number of hydrogen-bond acceptors (Lipinski definition) is 3. The van der Waals surface area contributed by atoms with Crippen LogP contribution in [0.5, 0.6) is 0 Å². The summed E-state index contributed by atoms with van der Waals surface area (Å²) in [5.41, 5.74) is 0. The fourth-order valence-electron chi connectivity index (χ4n) is 5.87. The average molecular weight is 334 g/mol. The molecule has 0 atom stereocenters. The van der Waals surface area contributed by atoms with Crippen molar-refractivity contribution in [1.29, 1.82) is 0 Å². The van der Waals surface area contributed by atoms with Crippen LogP contribution in [0.1, 0.15) is 96.3 Å². The summed E-state index contributed by atoms with van der Waals surface area (Å²) in [7, 11) is 0. The van der Waals surface area contributed by atoms with E-state index in [1.165, 1.54) is 116 Å². The lowest BCUT2D eigenvalue weighted by molar-refractivity contribution is -0.0991. The first-order valence-electron chi connectivity index (χ1n) is 11.1. The van der Waals surface area contributed by atoms with Crippen LogP contribution in [0.3, 0.4) is 0 Å². The molecule has 4 aliphatic rings. The van der Waals surface area contributed by atoms with Crippen LogP contribution in [0.25, 0.3) is 0 Å². The van der Waals surface area contributed by atoms with Gasteiger partial charge in [0.1, 0.15) is 0 Å². The molecule has 0 N–H and O–H groups in total. The summed E-state index contributed by atoms with van der Waals surface area (Å²) < 4.78 is 0. The van der Waals surface area contributed by atoms with Gasteiger partial charge < -0.3 is 0 Å². The Morgan fingerprint density at radius 3 is 0.833 bits per heavy atom. The summed E-state index contributed by atoms with van der Waals surface area (Å²) in [6, 6.07) is 2.61. The zero-order chi connectivity index (χ0) is 16.2. The third-order valence-electron chi connectivity index (χ3n) is 7.36. The van der Waals surface area contributed by atoms with Crippen molar-refractivity contribution >= 4 is 0 Å². The molecule has 1 aliphatic heterocycles. The Morgan fingerprint density at radius 2 is 0.583 bits per heavy atom. The predicted octanol–water partition coefficient (Wildman–Crippen LogP) is 4.78. The largest absolute Gasteiger partial charge is 0.274 e. The second kappa shape index (κ2) is 8.51. The molecule has 3 nitrogen and oxygen atoms in total. The summed E-state index contributed by atoms with van der Waals surface area (Å²) in [5, 5.41) is 0. The van der Waals surface area contributed by atoms with E-state index in [4.69, 9.17) is 0 Å². The van der Waals surface area contributed by atoms with E-state index in [1.54, 1.807) is 0 Å². The Labute approximate surface area is 149 Å². The van der Waals surface area contributed by atoms with Gasteiger partial charge in [-0.05, 0) is 38.5 Å². The van der Waals surface area contributed by atoms with Crippen molar-refractivity contribution in [3.8, 4) is 0 Å². The predicted molar refractivity (Wildman–Crippen MR) is 101 cm³/mol. The minimum absolute atomic E-state index is 0.872. The summed E-state index contributed by atoms with van der Waals surface area (Å²) in [4.78, 5) is 8.64. The van der Waals surface area contributed by atoms with Crippen LogP contribution in [0.2, 0.25) is 0 Å². The van der Waals surface area contributed by atoms with E-state index in [1.807, 2.05) is 0 Å². The average Bonchev–Trinajstić information content (AvgIpc) is 2.70. The monoisotopic (exact) mass is 333 g/mol. The molecular weight excluding hydrogens is 294 g/mol. The summed E-state index contributed by atoms with van der Waals surface area (Å²) in [5.74, 6) is 0. The van der Waals surface area contributed by atoms with E-state index in [0.29, 0.717) is 0 Å². The molecule has 1 saturated heterocycles. The topological polar surface area (TPSA) is 9.72 Å². The molecule has 0 unspecified atom stereocenters. The minimum atomic E-state index is 0.872. The second-order valence-corrected chi connectivity index (χ2v) is 9.07. The van der Waals surface area contributed by atoms with Crippen molar-refractivity contribution in [3.63, 3.8) is 0 Å². The van der Waals surface area contributed by atoms with Crippen molar-refractivity contribution < 1.29 is 0 Å². The third kappa shape index (κ3) is 4.16. The zero-order valence-corrected chi connectivity index (χ0v) is 15.8. The molecule has 3 saturated carbocycles. The van der Waals surface area contributed by atoms with Gasteiger partial charge in [0.25, 0.3) is 0 Å². The summed E-state index contributed by atoms with van der Waals surface area (Å²) in [6.07, 6.45) is 22.0.